The highest BCUT2D eigenvalue weighted by molar-refractivity contribution is 7.52. The van der Waals surface area contributed by atoms with Crippen LogP contribution in [0, 0.1) is 0 Å². The van der Waals surface area contributed by atoms with Gasteiger partial charge in [0.2, 0.25) is 0 Å². The van der Waals surface area contributed by atoms with Crippen molar-refractivity contribution in [2.75, 3.05) is 0 Å². The van der Waals surface area contributed by atoms with Crippen molar-refractivity contribution in [2.45, 2.75) is 41.5 Å². The predicted molar refractivity (Wildman–Crippen MR) is 98.7 cm³/mol. The first-order chi connectivity index (χ1) is 14.6. The standard InChI is InChI=1S/6C2H4O2.3Al.H3O4P/c6*1-2(3)4;;;;1-5(2,3)4/h6*1H3,(H,3,4);;;;(H3,1,2,3,4)/q;;;;;;3*+3;/p-9. The minimum absolute atomic E-state index is 0.907. The van der Waals surface area contributed by atoms with Gasteiger partial charge in [-0.05, 0) is 0 Å². The summed E-state index contributed by atoms with van der Waals surface area (Å²) in [6.07, 6.45) is 0. The van der Waals surface area contributed by atoms with E-state index < -0.39 is 89.1 Å². The van der Waals surface area contributed by atoms with E-state index in [1.807, 2.05) is 0 Å². The fourth-order valence-corrected chi connectivity index (χ4v) is 8.68. The van der Waals surface area contributed by atoms with E-state index in [1.165, 1.54) is 0 Å². The smallest absolute Gasteiger partial charge is 0.562 e. The lowest BCUT2D eigenvalue weighted by Crippen LogP contribution is -2.37. The van der Waals surface area contributed by atoms with Crippen molar-refractivity contribution in [3.63, 3.8) is 0 Å². The summed E-state index contributed by atoms with van der Waals surface area (Å²) >= 11 is -11.9. The molecule has 0 bridgehead atoms. The highest BCUT2D eigenvalue weighted by Crippen LogP contribution is 2.52. The van der Waals surface area contributed by atoms with Crippen LogP contribution in [0.5, 0.6) is 0 Å². The minimum atomic E-state index is -5.20. The lowest BCUT2D eigenvalue weighted by molar-refractivity contribution is -0.141. The summed E-state index contributed by atoms with van der Waals surface area (Å²) in [6.45, 7) is 5.44. The van der Waals surface area contributed by atoms with Crippen LogP contribution in [0.15, 0.2) is 0 Å². The zero-order valence-corrected chi connectivity index (χ0v) is 22.1. The molecule has 0 amide bonds. The normalized spacial score (nSPS) is 10.2. The number of hydrogen-bond donors (Lipinski definition) is 0. The first-order valence-electron chi connectivity index (χ1n) is 8.30. The topological polar surface area (TPSA) is 203 Å². The van der Waals surface area contributed by atoms with Gasteiger partial charge in [-0.25, -0.2) is 4.57 Å². The molecule has 0 fully saturated rings. The number of hydrogen-bond acceptors (Lipinski definition) is 16. The maximum absolute atomic E-state index is 13.2. The van der Waals surface area contributed by atoms with Crippen molar-refractivity contribution >= 4 is 89.1 Å². The summed E-state index contributed by atoms with van der Waals surface area (Å²) in [4.78, 5) is 67.5. The Morgan fingerprint density at radius 2 is 0.594 bits per heavy atom. The molecule has 0 unspecified atom stereocenters. The second-order valence-electron chi connectivity index (χ2n) is 5.29. The van der Waals surface area contributed by atoms with Gasteiger partial charge in [0.15, 0.2) is 0 Å². The molecule has 0 atom stereocenters. The maximum Gasteiger partial charge on any atom is 1.11 e. The van der Waals surface area contributed by atoms with Crippen molar-refractivity contribution in [2.24, 2.45) is 0 Å². The van der Waals surface area contributed by atoms with Crippen LogP contribution in [0.3, 0.4) is 0 Å². The third-order valence-corrected chi connectivity index (χ3v) is 10.5. The van der Waals surface area contributed by atoms with Crippen LogP contribution in [-0.2, 0) is 66.8 Å². The van der Waals surface area contributed by atoms with Gasteiger partial charge in [0.05, 0.1) is 0 Å². The van der Waals surface area contributed by atoms with Crippen LogP contribution < -0.4 is 0 Å². The van der Waals surface area contributed by atoms with E-state index in [2.05, 4.69) is 22.7 Å². The second-order valence-corrected chi connectivity index (χ2v) is 11.9. The molecule has 0 aromatic heterocycles. The van der Waals surface area contributed by atoms with E-state index in [4.69, 9.17) is 10.7 Å². The van der Waals surface area contributed by atoms with Crippen molar-refractivity contribution < 1.29 is 66.8 Å². The summed E-state index contributed by atoms with van der Waals surface area (Å²) < 4.78 is 55.8. The zero-order chi connectivity index (χ0) is 25.1. The SMILES string of the molecule is CC(=O)[O][Al]([O]C(C)=O)[O]P(=O)([O][Al]([O]C(C)=O)[O]C(C)=O)[O][Al]([O]C(C)=O)[O]C(C)=O. The molecular weight excluding hydrogens is 512 g/mol. The molecule has 0 aliphatic heterocycles. The molecule has 16 nitrogen and oxygen atoms in total. The van der Waals surface area contributed by atoms with Crippen LogP contribution in [0.1, 0.15) is 41.5 Å². The molecule has 176 valence electrons. The summed E-state index contributed by atoms with van der Waals surface area (Å²) in [5.41, 5.74) is 0. The van der Waals surface area contributed by atoms with Gasteiger partial charge < -0.3 is 33.5 Å². The van der Waals surface area contributed by atoms with Gasteiger partial charge in [-0.15, -0.1) is 0 Å². The second kappa shape index (κ2) is 14.6. The molecule has 0 radical (unpaired) electrons. The van der Waals surface area contributed by atoms with Crippen molar-refractivity contribution in [1.82, 2.24) is 0 Å². The van der Waals surface area contributed by atoms with Crippen LogP contribution in [0.2, 0.25) is 0 Å². The molecule has 20 heteroatoms. The molecular formula is C12H18Al3O16P. The third-order valence-electron chi connectivity index (χ3n) is 2.22. The Bertz CT molecular complexity index is 638. The van der Waals surface area contributed by atoms with E-state index in [-0.39, 0.29) is 0 Å². The Kier molecular flexibility index (Phi) is 14.0. The molecule has 0 aromatic rings. The van der Waals surface area contributed by atoms with Crippen molar-refractivity contribution in [1.29, 1.82) is 0 Å². The maximum atomic E-state index is 13.2. The molecule has 0 saturated heterocycles. The molecule has 0 N–H and O–H groups in total. The van der Waals surface area contributed by atoms with E-state index in [0.717, 1.165) is 41.5 Å². The Balaban J connectivity index is 6.08. The highest BCUT2D eigenvalue weighted by atomic mass is 31.2. The highest BCUT2D eigenvalue weighted by Gasteiger charge is 2.60. The van der Waals surface area contributed by atoms with E-state index in [9.17, 15) is 33.3 Å². The Hall–Kier alpha value is -1.47. The monoisotopic (exact) mass is 530 g/mol. The van der Waals surface area contributed by atoms with Gasteiger partial charge in [0, 0.05) is 41.5 Å². The molecule has 0 aromatic carbocycles. The van der Waals surface area contributed by atoms with Gasteiger partial charge >= 0.3 is 53.3 Å². The lowest BCUT2D eigenvalue weighted by Gasteiger charge is -2.23. The number of phosphoric acid groups is 1. The fraction of sp³-hybridized carbons (Fsp3) is 0.500. The van der Waals surface area contributed by atoms with Gasteiger partial charge in [0.1, 0.15) is 0 Å². The zero-order valence-electron chi connectivity index (χ0n) is 17.7. The quantitative estimate of drug-likeness (QED) is 0.230. The lowest BCUT2D eigenvalue weighted by atomic mass is 10.9. The van der Waals surface area contributed by atoms with Gasteiger partial charge in [-0.3, -0.25) is 28.8 Å². The van der Waals surface area contributed by atoms with E-state index in [1.54, 1.807) is 0 Å². The average molecular weight is 530 g/mol. The minimum Gasteiger partial charge on any atom is -0.562 e. The number of carbonyl (C=O) groups excluding carboxylic acids is 6. The molecule has 0 saturated carbocycles. The largest absolute Gasteiger partial charge is 1.11 e. The third kappa shape index (κ3) is 15.3. The molecule has 0 spiro atoms. The fourth-order valence-electron chi connectivity index (χ4n) is 1.41. The summed E-state index contributed by atoms with van der Waals surface area (Å²) in [5, 5.41) is 0. The molecule has 0 aliphatic carbocycles. The van der Waals surface area contributed by atoms with Crippen LogP contribution in [0.4, 0.5) is 0 Å². The van der Waals surface area contributed by atoms with Gasteiger partial charge in [-0.2, -0.15) is 0 Å². The van der Waals surface area contributed by atoms with Crippen LogP contribution >= 0.6 is 7.82 Å². The average Bonchev–Trinajstić information content (AvgIpc) is 2.49. The molecule has 32 heavy (non-hydrogen) atoms. The van der Waals surface area contributed by atoms with E-state index >= 15 is 0 Å². The van der Waals surface area contributed by atoms with E-state index in [0.29, 0.717) is 0 Å². The van der Waals surface area contributed by atoms with Gasteiger partial charge in [0.25, 0.3) is 35.8 Å². The predicted octanol–water partition coefficient (Wildman–Crippen LogP) is -0.522. The first kappa shape index (κ1) is 30.5. The Morgan fingerprint density at radius 1 is 0.438 bits per heavy atom. The van der Waals surface area contributed by atoms with Crippen LogP contribution in [-0.4, -0.2) is 81.3 Å². The summed E-state index contributed by atoms with van der Waals surface area (Å²) in [7, 11) is -5.20. The number of carbonyl (C=O) groups is 6. The Morgan fingerprint density at radius 3 is 0.719 bits per heavy atom. The molecule has 0 aliphatic rings. The molecule has 0 rings (SSSR count). The van der Waals surface area contributed by atoms with Crippen molar-refractivity contribution in [3.05, 3.63) is 0 Å². The first-order valence-corrected chi connectivity index (χ1v) is 14.0. The number of rotatable bonds is 12. The summed E-state index contributed by atoms with van der Waals surface area (Å²) in [5.74, 6) is -6.10. The summed E-state index contributed by atoms with van der Waals surface area (Å²) in [6, 6.07) is 0. The van der Waals surface area contributed by atoms with Crippen LogP contribution in [0.25, 0.3) is 0 Å². The van der Waals surface area contributed by atoms with Gasteiger partial charge in [-0.1, -0.05) is 0 Å². The molecule has 0 heterocycles. The van der Waals surface area contributed by atoms with Crippen molar-refractivity contribution in [3.8, 4) is 0 Å². The Labute approximate surface area is 197 Å².